The lowest BCUT2D eigenvalue weighted by Crippen LogP contribution is -2.34. The molecule has 5 heteroatoms. The average Bonchev–Trinajstić information content (AvgIpc) is 3.28. The van der Waals surface area contributed by atoms with Crippen LogP contribution in [0.1, 0.15) is 30.9 Å². The maximum atomic E-state index is 5.23. The highest BCUT2D eigenvalue weighted by Crippen LogP contribution is 2.37. The molecule has 1 saturated heterocycles. The van der Waals surface area contributed by atoms with Crippen molar-refractivity contribution in [2.75, 3.05) is 20.2 Å². The van der Waals surface area contributed by atoms with Crippen LogP contribution in [0.5, 0.6) is 5.75 Å². The van der Waals surface area contributed by atoms with Crippen LogP contribution >= 0.6 is 0 Å². The third-order valence-corrected chi connectivity index (χ3v) is 5.24. The molecule has 1 saturated carbocycles. The summed E-state index contributed by atoms with van der Waals surface area (Å²) in [6, 6.07) is 8.83. The Morgan fingerprint density at radius 3 is 2.70 bits per heavy atom. The van der Waals surface area contributed by atoms with E-state index in [9.17, 15) is 0 Å². The molecule has 2 bridgehead atoms. The fourth-order valence-electron chi connectivity index (χ4n) is 4.10. The molecule has 0 N–H and O–H groups in total. The second-order valence-corrected chi connectivity index (χ2v) is 6.76. The highest BCUT2D eigenvalue weighted by atomic mass is 16.5. The summed E-state index contributed by atoms with van der Waals surface area (Å²) >= 11 is 0. The van der Waals surface area contributed by atoms with Gasteiger partial charge in [0.2, 0.25) is 0 Å². The van der Waals surface area contributed by atoms with E-state index in [2.05, 4.69) is 15.0 Å². The summed E-state index contributed by atoms with van der Waals surface area (Å²) < 4.78 is 7.21. The lowest BCUT2D eigenvalue weighted by atomic mass is 10.1. The molecule has 0 radical (unpaired) electrons. The van der Waals surface area contributed by atoms with Crippen molar-refractivity contribution in [1.82, 2.24) is 19.7 Å². The standard InChI is InChI=1S/C18H24N4O/c1-13-19-18(9-10-21-12-14-3-4-16(21)11-14)22(20-13)15-5-7-17(23-2)8-6-15/h5-8,14,16H,3-4,9-12H2,1-2H3/t14-,16-/m1/s1. The number of likely N-dealkylation sites (tertiary alicyclic amines) is 1. The largest absolute Gasteiger partial charge is 0.497 e. The van der Waals surface area contributed by atoms with E-state index in [0.717, 1.165) is 48.0 Å². The molecule has 2 heterocycles. The van der Waals surface area contributed by atoms with Gasteiger partial charge in [0.05, 0.1) is 12.8 Å². The van der Waals surface area contributed by atoms with Crippen LogP contribution in [0.2, 0.25) is 0 Å². The molecule has 1 aliphatic heterocycles. The van der Waals surface area contributed by atoms with Gasteiger partial charge in [-0.3, -0.25) is 4.90 Å². The Morgan fingerprint density at radius 1 is 1.22 bits per heavy atom. The van der Waals surface area contributed by atoms with E-state index < -0.39 is 0 Å². The number of fused-ring (bicyclic) bond motifs is 2. The van der Waals surface area contributed by atoms with Crippen LogP contribution in [0.3, 0.4) is 0 Å². The number of rotatable bonds is 5. The van der Waals surface area contributed by atoms with Crippen molar-refractivity contribution in [3.05, 3.63) is 35.9 Å². The molecule has 2 aliphatic rings. The normalized spacial score (nSPS) is 23.6. The van der Waals surface area contributed by atoms with E-state index in [4.69, 9.17) is 4.74 Å². The minimum absolute atomic E-state index is 0.818. The molecule has 2 atom stereocenters. The van der Waals surface area contributed by atoms with E-state index in [1.54, 1.807) is 7.11 Å². The van der Waals surface area contributed by atoms with Crippen LogP contribution in [0.15, 0.2) is 24.3 Å². The zero-order valence-electron chi connectivity index (χ0n) is 13.9. The molecular weight excluding hydrogens is 288 g/mol. The maximum Gasteiger partial charge on any atom is 0.148 e. The molecule has 1 aromatic heterocycles. The predicted molar refractivity (Wildman–Crippen MR) is 89.1 cm³/mol. The van der Waals surface area contributed by atoms with Crippen molar-refractivity contribution >= 4 is 0 Å². The molecule has 4 rings (SSSR count). The summed E-state index contributed by atoms with van der Waals surface area (Å²) in [5, 5.41) is 4.58. The van der Waals surface area contributed by atoms with E-state index in [1.165, 1.54) is 25.8 Å². The number of aryl methyl sites for hydroxylation is 1. The Kier molecular flexibility index (Phi) is 3.81. The number of methoxy groups -OCH3 is 1. The highest BCUT2D eigenvalue weighted by molar-refractivity contribution is 5.37. The highest BCUT2D eigenvalue weighted by Gasteiger charge is 2.37. The number of nitrogens with zero attached hydrogens (tertiary/aromatic N) is 4. The topological polar surface area (TPSA) is 43.2 Å². The Bertz CT molecular complexity index is 679. The first kappa shape index (κ1) is 14.7. The molecule has 1 aliphatic carbocycles. The van der Waals surface area contributed by atoms with Gasteiger partial charge in [-0.15, -0.1) is 0 Å². The Morgan fingerprint density at radius 2 is 2.04 bits per heavy atom. The van der Waals surface area contributed by atoms with Crippen LogP contribution in [0.25, 0.3) is 5.69 Å². The maximum absolute atomic E-state index is 5.23. The van der Waals surface area contributed by atoms with Gasteiger partial charge in [0.25, 0.3) is 0 Å². The number of aromatic nitrogens is 3. The van der Waals surface area contributed by atoms with Gasteiger partial charge in [-0.2, -0.15) is 5.10 Å². The van der Waals surface area contributed by atoms with Crippen molar-refractivity contribution < 1.29 is 4.74 Å². The zero-order valence-corrected chi connectivity index (χ0v) is 13.9. The quantitative estimate of drug-likeness (QED) is 0.851. The van der Waals surface area contributed by atoms with Gasteiger partial charge in [0, 0.05) is 25.6 Å². The molecular formula is C18H24N4O. The molecule has 1 aromatic carbocycles. The fraction of sp³-hybridized carbons (Fsp3) is 0.556. The number of piperidine rings is 1. The number of ether oxygens (including phenoxy) is 1. The number of hydrogen-bond acceptors (Lipinski definition) is 4. The van der Waals surface area contributed by atoms with Crippen molar-refractivity contribution in [3.63, 3.8) is 0 Å². The first-order chi connectivity index (χ1) is 11.2. The second-order valence-electron chi connectivity index (χ2n) is 6.76. The van der Waals surface area contributed by atoms with Crippen molar-refractivity contribution in [2.24, 2.45) is 5.92 Å². The van der Waals surface area contributed by atoms with Gasteiger partial charge < -0.3 is 4.74 Å². The third kappa shape index (κ3) is 2.85. The Hall–Kier alpha value is -1.88. The number of hydrogen-bond donors (Lipinski definition) is 0. The summed E-state index contributed by atoms with van der Waals surface area (Å²) in [4.78, 5) is 7.30. The Balaban J connectivity index is 1.50. The zero-order chi connectivity index (χ0) is 15.8. The average molecular weight is 312 g/mol. The van der Waals surface area contributed by atoms with E-state index in [-0.39, 0.29) is 0 Å². The van der Waals surface area contributed by atoms with E-state index in [0.29, 0.717) is 0 Å². The van der Waals surface area contributed by atoms with Gasteiger partial charge in [0.15, 0.2) is 0 Å². The summed E-state index contributed by atoms with van der Waals surface area (Å²) in [5.41, 5.74) is 1.05. The van der Waals surface area contributed by atoms with Gasteiger partial charge in [-0.1, -0.05) is 0 Å². The molecule has 122 valence electrons. The predicted octanol–water partition coefficient (Wildman–Crippen LogP) is 2.61. The van der Waals surface area contributed by atoms with Gasteiger partial charge in [-0.25, -0.2) is 9.67 Å². The van der Waals surface area contributed by atoms with Crippen LogP contribution in [-0.4, -0.2) is 45.9 Å². The van der Waals surface area contributed by atoms with Crippen LogP contribution < -0.4 is 4.74 Å². The van der Waals surface area contributed by atoms with Crippen molar-refractivity contribution in [2.45, 2.75) is 38.6 Å². The van der Waals surface area contributed by atoms with E-state index >= 15 is 0 Å². The summed E-state index contributed by atoms with van der Waals surface area (Å²) in [6.45, 7) is 4.33. The lowest BCUT2D eigenvalue weighted by molar-refractivity contribution is 0.214. The smallest absolute Gasteiger partial charge is 0.148 e. The van der Waals surface area contributed by atoms with Gasteiger partial charge in [0.1, 0.15) is 17.4 Å². The first-order valence-corrected chi connectivity index (χ1v) is 8.54. The molecule has 0 spiro atoms. The van der Waals surface area contributed by atoms with Crippen molar-refractivity contribution in [3.8, 4) is 11.4 Å². The van der Waals surface area contributed by atoms with E-state index in [1.807, 2.05) is 35.9 Å². The monoisotopic (exact) mass is 312 g/mol. The summed E-state index contributed by atoms with van der Waals surface area (Å²) in [6.07, 6.45) is 5.18. The molecule has 0 unspecified atom stereocenters. The molecule has 5 nitrogen and oxygen atoms in total. The lowest BCUT2D eigenvalue weighted by Gasteiger charge is -2.26. The molecule has 2 fully saturated rings. The minimum Gasteiger partial charge on any atom is -0.497 e. The van der Waals surface area contributed by atoms with Gasteiger partial charge >= 0.3 is 0 Å². The number of benzene rings is 1. The summed E-state index contributed by atoms with van der Waals surface area (Å²) in [5.74, 6) is 3.69. The van der Waals surface area contributed by atoms with Crippen molar-refractivity contribution in [1.29, 1.82) is 0 Å². The Labute approximate surface area is 137 Å². The minimum atomic E-state index is 0.818. The fourth-order valence-corrected chi connectivity index (χ4v) is 4.10. The van der Waals surface area contributed by atoms with Gasteiger partial charge in [-0.05, 0) is 56.4 Å². The second kappa shape index (κ2) is 5.96. The third-order valence-electron chi connectivity index (χ3n) is 5.24. The summed E-state index contributed by atoms with van der Waals surface area (Å²) in [7, 11) is 1.68. The van der Waals surface area contributed by atoms with Crippen LogP contribution in [-0.2, 0) is 6.42 Å². The molecule has 2 aromatic rings. The SMILES string of the molecule is COc1ccc(-n2nc(C)nc2CCN2C[C@@H]3CC[C@@H]2C3)cc1. The molecule has 23 heavy (non-hydrogen) atoms. The molecule has 0 amide bonds. The van der Waals surface area contributed by atoms with Crippen LogP contribution in [0.4, 0.5) is 0 Å². The van der Waals surface area contributed by atoms with Crippen LogP contribution in [0, 0.1) is 12.8 Å². The first-order valence-electron chi connectivity index (χ1n) is 8.54.